The van der Waals surface area contributed by atoms with Crippen molar-refractivity contribution in [3.63, 3.8) is 0 Å². The predicted molar refractivity (Wildman–Crippen MR) is 235 cm³/mol. The van der Waals surface area contributed by atoms with Gasteiger partial charge in [-0.2, -0.15) is 0 Å². The average molecular weight is 905 g/mol. The van der Waals surface area contributed by atoms with Crippen molar-refractivity contribution in [3.8, 4) is 0 Å². The molecule has 0 aromatic heterocycles. The van der Waals surface area contributed by atoms with Gasteiger partial charge in [-0.25, -0.2) is 0 Å². The summed E-state index contributed by atoms with van der Waals surface area (Å²) in [5.74, 6) is 0. The van der Waals surface area contributed by atoms with Crippen molar-refractivity contribution in [2.24, 2.45) is 0 Å². The topological polar surface area (TPSA) is 74.8 Å². The van der Waals surface area contributed by atoms with E-state index < -0.39 is 68.1 Å². The predicted octanol–water partition coefficient (Wildman–Crippen LogP) is 8.48. The average Bonchev–Trinajstić information content (AvgIpc) is 3.25. The van der Waals surface area contributed by atoms with Gasteiger partial charge in [0, 0.05) is 0 Å². The van der Waals surface area contributed by atoms with Gasteiger partial charge in [0.15, 0.2) is 0 Å². The molecule has 0 amide bonds. The molecule has 0 heterocycles. The van der Waals surface area contributed by atoms with Crippen molar-refractivity contribution < 1.29 is 43.2 Å². The second kappa shape index (κ2) is 17.5. The van der Waals surface area contributed by atoms with Gasteiger partial charge in [-0.3, -0.25) is 0 Å². The zero-order valence-electron chi connectivity index (χ0n) is 32.6. The van der Waals surface area contributed by atoms with E-state index in [0.717, 1.165) is 0 Å². The van der Waals surface area contributed by atoms with Crippen molar-refractivity contribution in [2.75, 3.05) is 0 Å². The zero-order chi connectivity index (χ0) is 43.5. The number of alkyl halides is 6. The molecule has 0 aliphatic carbocycles. The van der Waals surface area contributed by atoms with E-state index in [2.05, 4.69) is 0 Å². The number of rotatable bonds is 15. The molecule has 0 bridgehead atoms. The molecule has 0 saturated carbocycles. The quantitative estimate of drug-likeness (QED) is 0.0588. The van der Waals surface area contributed by atoms with Crippen LogP contribution in [0, 0.1) is 0 Å². The molecule has 1 atom stereocenters. The fourth-order valence-corrected chi connectivity index (χ4v) is 26.3. The Balaban J connectivity index is 2.11. The Morgan fingerprint density at radius 1 is 0.417 bits per heavy atom. The Bertz CT molecular complexity index is 2200. The third kappa shape index (κ3) is 7.50. The van der Waals surface area contributed by atoms with Gasteiger partial charge in [-0.1, -0.05) is 0 Å². The van der Waals surface area contributed by atoms with E-state index in [1.165, 1.54) is 13.8 Å². The van der Waals surface area contributed by atoms with E-state index in [-0.39, 0.29) is 6.42 Å². The first-order valence-corrected chi connectivity index (χ1v) is 25.8. The second-order valence-electron chi connectivity index (χ2n) is 14.1. The maximum atomic E-state index is 15.4. The molecule has 0 radical (unpaired) electrons. The van der Waals surface area contributed by atoms with Crippen molar-refractivity contribution in [1.82, 2.24) is 8.15 Å². The molecule has 0 N–H and O–H groups in total. The van der Waals surface area contributed by atoms with Crippen LogP contribution in [0.1, 0.15) is 33.1 Å². The number of nitrogens with zero attached hydrogens (tertiary/aromatic N) is 2. The summed E-state index contributed by atoms with van der Waals surface area (Å²) in [6, 6.07) is 51.4. The normalized spacial score (nSPS) is 14.8. The first-order chi connectivity index (χ1) is 28.5. The fourth-order valence-electron chi connectivity index (χ4n) is 8.64. The van der Waals surface area contributed by atoms with Gasteiger partial charge in [0.2, 0.25) is 0 Å². The molecule has 60 heavy (non-hydrogen) atoms. The molecule has 0 aliphatic heterocycles. The van der Waals surface area contributed by atoms with E-state index in [1.54, 1.807) is 186 Å². The van der Waals surface area contributed by atoms with Crippen molar-refractivity contribution in [3.05, 3.63) is 182 Å². The van der Waals surface area contributed by atoms with Gasteiger partial charge < -0.3 is 0 Å². The summed E-state index contributed by atoms with van der Waals surface area (Å²) in [7, 11) is -24.2. The van der Waals surface area contributed by atoms with Crippen LogP contribution < -0.4 is 31.8 Å². The molecule has 1 unspecified atom stereocenters. The first kappa shape index (κ1) is 45.1. The van der Waals surface area contributed by atoms with Crippen molar-refractivity contribution >= 4 is 66.7 Å². The number of hydrogen-bond donors (Lipinski definition) is 0. The monoisotopic (exact) mass is 904 g/mol. The minimum absolute atomic E-state index is 0.243. The van der Waals surface area contributed by atoms with Crippen LogP contribution in [-0.2, 0) is 20.0 Å². The van der Waals surface area contributed by atoms with E-state index >= 15 is 26.3 Å². The Morgan fingerprint density at radius 3 is 0.800 bits per heavy atom. The summed E-state index contributed by atoms with van der Waals surface area (Å²) in [5.41, 5.74) is -16.1. The molecule has 0 spiro atoms. The third-order valence-electron chi connectivity index (χ3n) is 10.8. The standard InChI is InChI=1S/C44H44F6N2O4P2S2/c1-3-35-42(4-2,52(59(53,54)43(45,46)47)60(55,56)44(48,49)50)51(57(36-23-11-5-12-24-36,37-25-13-6-14-26-37)38-27-15-7-16-28-38)58(39-29-17-8-18-30-39,40-31-19-9-20-32-40)41-33-21-10-22-34-41/h5-34,57-58H,3-4,35H2,1-2H3. The van der Waals surface area contributed by atoms with Gasteiger partial charge in [0.1, 0.15) is 0 Å². The summed E-state index contributed by atoms with van der Waals surface area (Å²) >= 11 is 0. The molecular formula is C44H44F6N2O4P2S2. The van der Waals surface area contributed by atoms with E-state index in [9.17, 15) is 16.8 Å². The molecule has 6 rings (SSSR count). The number of halogens is 6. The van der Waals surface area contributed by atoms with Gasteiger partial charge >= 0.3 is 350 Å². The molecule has 0 fully saturated rings. The van der Waals surface area contributed by atoms with Crippen LogP contribution in [0.25, 0.3) is 0 Å². The van der Waals surface area contributed by atoms with E-state index in [1.807, 2.05) is 0 Å². The van der Waals surface area contributed by atoms with Crippen LogP contribution in [0.3, 0.4) is 0 Å². The molecular weight excluding hydrogens is 861 g/mol. The maximum absolute atomic E-state index is 15.4. The van der Waals surface area contributed by atoms with Crippen LogP contribution in [0.5, 0.6) is 0 Å². The van der Waals surface area contributed by atoms with E-state index in [4.69, 9.17) is 0 Å². The summed E-state index contributed by atoms with van der Waals surface area (Å²) in [5, 5.41) is 2.69. The zero-order valence-corrected chi connectivity index (χ0v) is 36.2. The van der Waals surface area contributed by atoms with Crippen LogP contribution in [0.4, 0.5) is 26.3 Å². The van der Waals surface area contributed by atoms with Crippen LogP contribution in [0.15, 0.2) is 182 Å². The third-order valence-corrected chi connectivity index (χ3v) is 25.9. The van der Waals surface area contributed by atoms with Crippen molar-refractivity contribution in [1.29, 1.82) is 0 Å². The Morgan fingerprint density at radius 2 is 0.633 bits per heavy atom. The van der Waals surface area contributed by atoms with Crippen LogP contribution in [0.2, 0.25) is 0 Å². The minimum atomic E-state index is -7.40. The van der Waals surface area contributed by atoms with Crippen LogP contribution in [-0.4, -0.2) is 41.7 Å². The second-order valence-corrected chi connectivity index (χ2v) is 25.6. The molecule has 6 aromatic carbocycles. The summed E-state index contributed by atoms with van der Waals surface area (Å²) in [6.07, 6.45) is -1.86. The molecule has 6 nitrogen and oxygen atoms in total. The summed E-state index contributed by atoms with van der Waals surface area (Å²) in [4.78, 5) is 0. The molecule has 0 aliphatic rings. The number of benzene rings is 6. The SMILES string of the molecule is CCCC(CC)(N([PH](c1ccccc1)(c1ccccc1)c1ccccc1)[PH](c1ccccc1)(c1ccccc1)c1ccccc1)N(S(=O)(=O)C(F)(F)F)S(=O)(=O)C(F)(F)F. The van der Waals surface area contributed by atoms with E-state index in [0.29, 0.717) is 31.8 Å². The number of hydrogen-bond acceptors (Lipinski definition) is 5. The van der Waals surface area contributed by atoms with Crippen LogP contribution >= 0.6 is 14.8 Å². The molecule has 6 aromatic rings. The molecule has 0 saturated heterocycles. The van der Waals surface area contributed by atoms with Gasteiger partial charge in [0.25, 0.3) is 0 Å². The Hall–Kier alpha value is -4.42. The summed E-state index contributed by atoms with van der Waals surface area (Å²) < 4.78 is 151. The summed E-state index contributed by atoms with van der Waals surface area (Å²) in [6.45, 7) is 2.74. The fraction of sp³-hybridized carbons (Fsp3) is 0.182. The molecule has 318 valence electrons. The number of sulfonamides is 2. The van der Waals surface area contributed by atoms with Gasteiger partial charge in [0.05, 0.1) is 0 Å². The van der Waals surface area contributed by atoms with Gasteiger partial charge in [-0.05, 0) is 0 Å². The Labute approximate surface area is 348 Å². The first-order valence-electron chi connectivity index (χ1n) is 19.1. The van der Waals surface area contributed by atoms with Crippen molar-refractivity contribution in [2.45, 2.75) is 49.8 Å². The Kier molecular flexibility index (Phi) is 13.2. The molecule has 16 heteroatoms. The van der Waals surface area contributed by atoms with Gasteiger partial charge in [-0.15, -0.1) is 0 Å².